The number of carbonyl (C=O) groups is 2. The van der Waals surface area contributed by atoms with Crippen molar-refractivity contribution >= 4 is 46.5 Å². The van der Waals surface area contributed by atoms with Gasteiger partial charge in [0.2, 0.25) is 0 Å². The average Bonchev–Trinajstić information content (AvgIpc) is 3.28. The molecule has 4 aliphatic rings. The van der Waals surface area contributed by atoms with Crippen molar-refractivity contribution in [2.75, 3.05) is 56.4 Å². The highest BCUT2D eigenvalue weighted by molar-refractivity contribution is 6.40. The number of carbonyl (C=O) groups excluding carboxylic acids is 1. The number of amides is 1. The lowest BCUT2D eigenvalue weighted by molar-refractivity contribution is 0.0516. The zero-order valence-electron chi connectivity index (χ0n) is 25.6. The Labute approximate surface area is 277 Å². The largest absolute Gasteiger partial charge is 0.478 e. The fourth-order valence-electron chi connectivity index (χ4n) is 7.18. The molecule has 4 aliphatic heterocycles. The molecule has 0 spiro atoms. The molecule has 0 saturated carbocycles. The van der Waals surface area contributed by atoms with Gasteiger partial charge in [0, 0.05) is 48.1 Å². The van der Waals surface area contributed by atoms with Crippen molar-refractivity contribution in [2.24, 2.45) is 0 Å². The number of likely N-dealkylation sites (N-methyl/N-ethyl adjacent to an activating group) is 1. The van der Waals surface area contributed by atoms with Crippen molar-refractivity contribution in [3.63, 3.8) is 0 Å². The molecule has 2 bridgehead atoms. The van der Waals surface area contributed by atoms with Crippen LogP contribution >= 0.6 is 23.2 Å². The van der Waals surface area contributed by atoms with Gasteiger partial charge in [-0.15, -0.1) is 0 Å². The van der Waals surface area contributed by atoms with E-state index in [1.165, 1.54) is 4.90 Å². The van der Waals surface area contributed by atoms with Gasteiger partial charge in [-0.1, -0.05) is 41.4 Å². The van der Waals surface area contributed by atoms with Crippen LogP contribution in [0.1, 0.15) is 46.0 Å². The third-order valence-corrected chi connectivity index (χ3v) is 10.4. The molecule has 7 rings (SSSR count). The van der Waals surface area contributed by atoms with E-state index in [1.807, 2.05) is 6.07 Å². The lowest BCUT2D eigenvalue weighted by Gasteiger charge is -2.39. The predicted molar refractivity (Wildman–Crippen MR) is 175 cm³/mol. The van der Waals surface area contributed by atoms with Crippen LogP contribution in [-0.4, -0.2) is 91.5 Å². The second kappa shape index (κ2) is 12.2. The summed E-state index contributed by atoms with van der Waals surface area (Å²) in [6, 6.07) is 12.1. The first-order valence-corrected chi connectivity index (χ1v) is 16.3. The molecule has 1 N–H and O–H groups in total. The summed E-state index contributed by atoms with van der Waals surface area (Å²) in [5, 5.41) is 10.5. The third-order valence-electron chi connectivity index (χ3n) is 9.80. The number of halogens is 3. The molecule has 3 saturated heterocycles. The van der Waals surface area contributed by atoms with Crippen LogP contribution in [0.4, 0.5) is 15.8 Å². The second-order valence-corrected chi connectivity index (χ2v) is 13.4. The number of rotatable bonds is 5. The summed E-state index contributed by atoms with van der Waals surface area (Å²) >= 11 is 13.4. The summed E-state index contributed by atoms with van der Waals surface area (Å²) in [6.45, 7) is 5.83. The van der Waals surface area contributed by atoms with Gasteiger partial charge >= 0.3 is 5.97 Å². The minimum atomic E-state index is -1.18. The van der Waals surface area contributed by atoms with Gasteiger partial charge < -0.3 is 34.2 Å². The van der Waals surface area contributed by atoms with E-state index in [9.17, 15) is 14.7 Å². The lowest BCUT2D eigenvalue weighted by atomic mass is 9.96. The Kier molecular flexibility index (Phi) is 8.25. The van der Waals surface area contributed by atoms with E-state index in [2.05, 4.69) is 28.7 Å². The van der Waals surface area contributed by atoms with E-state index in [0.29, 0.717) is 41.8 Å². The zero-order chi connectivity index (χ0) is 32.3. The molecule has 2 unspecified atom stereocenters. The Morgan fingerprint density at radius 1 is 1.00 bits per heavy atom. The maximum atomic E-state index is 15.7. The Morgan fingerprint density at radius 3 is 2.39 bits per heavy atom. The van der Waals surface area contributed by atoms with Crippen molar-refractivity contribution < 1.29 is 28.6 Å². The van der Waals surface area contributed by atoms with Crippen LogP contribution in [0.2, 0.25) is 10.0 Å². The molecule has 4 heterocycles. The van der Waals surface area contributed by atoms with Gasteiger partial charge in [0.05, 0.1) is 58.7 Å². The number of hydrogen-bond donors (Lipinski definition) is 1. The number of para-hydroxylation sites is 1. The third kappa shape index (κ3) is 5.45. The fourth-order valence-corrected chi connectivity index (χ4v) is 7.82. The smallest absolute Gasteiger partial charge is 0.337 e. The number of anilines is 2. The molecule has 3 aromatic carbocycles. The first-order chi connectivity index (χ1) is 22.1. The number of carboxylic acids is 1. The minimum Gasteiger partial charge on any atom is -0.478 e. The van der Waals surface area contributed by atoms with Crippen LogP contribution in [0.25, 0.3) is 11.1 Å². The normalized spacial score (nSPS) is 22.9. The topological polar surface area (TPSA) is 85.8 Å². The van der Waals surface area contributed by atoms with Gasteiger partial charge in [0.1, 0.15) is 11.6 Å². The van der Waals surface area contributed by atoms with E-state index in [1.54, 1.807) is 30.3 Å². The molecule has 3 atom stereocenters. The lowest BCUT2D eigenvalue weighted by Crippen LogP contribution is -2.50. The highest BCUT2D eigenvalue weighted by Crippen LogP contribution is 2.43. The van der Waals surface area contributed by atoms with Crippen molar-refractivity contribution in [3.05, 3.63) is 75.0 Å². The monoisotopic (exact) mass is 668 g/mol. The first-order valence-electron chi connectivity index (χ1n) is 15.5. The number of carboxylic acid groups (broad SMARTS) is 1. The molecule has 1 amide bonds. The predicted octanol–water partition coefficient (Wildman–Crippen LogP) is 6.00. The summed E-state index contributed by atoms with van der Waals surface area (Å²) in [5.41, 5.74) is 2.88. The summed E-state index contributed by atoms with van der Waals surface area (Å²) in [4.78, 5) is 34.1. The summed E-state index contributed by atoms with van der Waals surface area (Å²) in [5.74, 6) is -1.77. The molecule has 46 heavy (non-hydrogen) atoms. The van der Waals surface area contributed by atoms with Gasteiger partial charge in [0.15, 0.2) is 6.73 Å². The molecule has 0 aliphatic carbocycles. The van der Waals surface area contributed by atoms with E-state index < -0.39 is 11.8 Å². The number of piperazine rings is 1. The van der Waals surface area contributed by atoms with Crippen molar-refractivity contribution in [1.82, 2.24) is 9.80 Å². The molecule has 3 aromatic rings. The van der Waals surface area contributed by atoms with Crippen LogP contribution in [0.15, 0.2) is 42.5 Å². The molecule has 242 valence electrons. The molecule has 0 aromatic heterocycles. The molecule has 12 heteroatoms. The Balaban J connectivity index is 1.17. The number of fused-ring (bicyclic) bond motifs is 3. The van der Waals surface area contributed by atoms with Crippen molar-refractivity contribution in [2.45, 2.75) is 44.4 Å². The zero-order valence-corrected chi connectivity index (χ0v) is 27.2. The fraction of sp³-hybridized carbons (Fsp3) is 0.412. The maximum Gasteiger partial charge on any atom is 0.337 e. The SMILES string of the molecule is C[C@@H]1CN(c2cc(Cl)c(C(=O)N3COc4c(cccc4-c4cc(N5C6CCC5COC6)c(C(=O)O)cc4F)C3)c(Cl)c2)CCN1C. The van der Waals surface area contributed by atoms with E-state index in [4.69, 9.17) is 32.7 Å². The van der Waals surface area contributed by atoms with Gasteiger partial charge in [-0.2, -0.15) is 0 Å². The summed E-state index contributed by atoms with van der Waals surface area (Å²) < 4.78 is 27.5. The van der Waals surface area contributed by atoms with Crippen LogP contribution in [0.3, 0.4) is 0 Å². The first kappa shape index (κ1) is 31.1. The van der Waals surface area contributed by atoms with Gasteiger partial charge in [-0.3, -0.25) is 4.79 Å². The van der Waals surface area contributed by atoms with E-state index in [-0.39, 0.29) is 58.0 Å². The number of benzene rings is 3. The van der Waals surface area contributed by atoms with Gasteiger partial charge in [-0.25, -0.2) is 9.18 Å². The highest BCUT2D eigenvalue weighted by atomic mass is 35.5. The summed E-state index contributed by atoms with van der Waals surface area (Å²) in [6.07, 6.45) is 1.77. The van der Waals surface area contributed by atoms with Gasteiger partial charge in [0.25, 0.3) is 5.91 Å². The minimum absolute atomic E-state index is 0.0357. The number of morpholine rings is 1. The van der Waals surface area contributed by atoms with Gasteiger partial charge in [-0.05, 0) is 51.1 Å². The van der Waals surface area contributed by atoms with Crippen molar-refractivity contribution in [3.8, 4) is 16.9 Å². The Morgan fingerprint density at radius 2 is 1.72 bits per heavy atom. The van der Waals surface area contributed by atoms with Crippen LogP contribution in [-0.2, 0) is 11.3 Å². The Hall–Kier alpha value is -3.57. The van der Waals surface area contributed by atoms with Crippen molar-refractivity contribution in [1.29, 1.82) is 0 Å². The molecule has 3 fully saturated rings. The quantitative estimate of drug-likeness (QED) is 0.355. The van der Waals surface area contributed by atoms with Crippen LogP contribution < -0.4 is 14.5 Å². The number of aromatic carboxylic acids is 1. The second-order valence-electron chi connectivity index (χ2n) is 12.6. The molecule has 0 radical (unpaired) electrons. The summed E-state index contributed by atoms with van der Waals surface area (Å²) in [7, 11) is 2.10. The van der Waals surface area contributed by atoms with Crippen LogP contribution in [0.5, 0.6) is 5.75 Å². The molecule has 9 nitrogen and oxygen atoms in total. The molecular formula is C34H35Cl2FN4O5. The number of hydrogen-bond acceptors (Lipinski definition) is 7. The van der Waals surface area contributed by atoms with E-state index >= 15 is 4.39 Å². The number of nitrogens with zero attached hydrogens (tertiary/aromatic N) is 4. The maximum absolute atomic E-state index is 15.7. The highest BCUT2D eigenvalue weighted by Gasteiger charge is 2.40. The molecular weight excluding hydrogens is 634 g/mol. The number of ether oxygens (including phenoxy) is 2. The Bertz CT molecular complexity index is 1680. The van der Waals surface area contributed by atoms with Crippen LogP contribution in [0, 0.1) is 5.82 Å². The average molecular weight is 670 g/mol. The van der Waals surface area contributed by atoms with E-state index in [0.717, 1.165) is 44.2 Å². The standard InChI is InChI=1S/C34H35Cl2FN4O5/c1-19-14-39(9-8-38(19)2)23-10-27(35)31(28(36)11-23)33(42)40-15-20-4-3-5-24(32(20)46-18-40)25-13-30(26(34(43)44)12-29(25)37)41-21-6-7-22(41)17-45-16-21/h3-5,10-13,19,21-22H,6-9,14-18H2,1-2H3,(H,43,44)/t19-,21?,22?/m1/s1.